The van der Waals surface area contributed by atoms with Gasteiger partial charge in [-0.2, -0.15) is 5.10 Å². The topological polar surface area (TPSA) is 88.5 Å². The number of ether oxygens (including phenoxy) is 1. The van der Waals surface area contributed by atoms with Crippen LogP contribution < -0.4 is 10.6 Å². The van der Waals surface area contributed by atoms with Crippen LogP contribution in [0.25, 0.3) is 0 Å². The Labute approximate surface area is 234 Å². The first-order valence-electron chi connectivity index (χ1n) is 11.8. The summed E-state index contributed by atoms with van der Waals surface area (Å²) >= 11 is 16.1. The zero-order valence-electron chi connectivity index (χ0n) is 20.7. The van der Waals surface area contributed by atoms with Crippen molar-refractivity contribution in [2.24, 2.45) is 0 Å². The number of aromatic nitrogens is 2. The first-order chi connectivity index (χ1) is 17.5. The number of benzene rings is 2. The standard InChI is InChI=1S/C26H28BrCl2N5O3/c1-26(2,3)37-25(36)33-14-18(13-22(33)16-7-9-17(27)10-8-16)31-24(35)32-23-11-12-30-34(23)15-19-20(28)5-4-6-21(19)29/h4-12,18,22H,13-15H2,1-3H3,(H2,31,32,35). The summed E-state index contributed by atoms with van der Waals surface area (Å²) in [5.41, 5.74) is 1.04. The minimum Gasteiger partial charge on any atom is -0.444 e. The Hall–Kier alpha value is -2.75. The van der Waals surface area contributed by atoms with Crippen LogP contribution in [0, 0.1) is 0 Å². The van der Waals surface area contributed by atoms with Gasteiger partial charge in [0.15, 0.2) is 0 Å². The normalized spacial score (nSPS) is 17.5. The van der Waals surface area contributed by atoms with Gasteiger partial charge in [-0.05, 0) is 57.0 Å². The monoisotopic (exact) mass is 607 g/mol. The number of amides is 3. The summed E-state index contributed by atoms with van der Waals surface area (Å²) < 4.78 is 8.20. The van der Waals surface area contributed by atoms with Crippen molar-refractivity contribution in [3.8, 4) is 0 Å². The molecule has 0 saturated carbocycles. The molecule has 0 spiro atoms. The molecule has 2 heterocycles. The summed E-state index contributed by atoms with van der Waals surface area (Å²) in [4.78, 5) is 27.6. The smallest absolute Gasteiger partial charge is 0.410 e. The highest BCUT2D eigenvalue weighted by Gasteiger charge is 2.39. The van der Waals surface area contributed by atoms with Crippen LogP contribution in [0.4, 0.5) is 15.4 Å². The lowest BCUT2D eigenvalue weighted by atomic mass is 10.0. The molecule has 11 heteroatoms. The molecule has 2 unspecified atom stereocenters. The molecule has 1 aliphatic rings. The second-order valence-electron chi connectivity index (χ2n) is 9.81. The number of urea groups is 1. The predicted octanol–water partition coefficient (Wildman–Crippen LogP) is 6.87. The fourth-order valence-electron chi connectivity index (χ4n) is 4.20. The molecule has 0 radical (unpaired) electrons. The Balaban J connectivity index is 1.45. The molecule has 2 N–H and O–H groups in total. The molecule has 3 aromatic rings. The van der Waals surface area contributed by atoms with E-state index >= 15 is 0 Å². The van der Waals surface area contributed by atoms with E-state index in [1.165, 1.54) is 0 Å². The summed E-state index contributed by atoms with van der Waals surface area (Å²) in [6, 6.07) is 13.8. The van der Waals surface area contributed by atoms with Gasteiger partial charge in [0.05, 0.1) is 24.8 Å². The molecule has 1 saturated heterocycles. The molecule has 4 rings (SSSR count). The summed E-state index contributed by atoms with van der Waals surface area (Å²) in [5.74, 6) is 0.486. The van der Waals surface area contributed by atoms with E-state index in [9.17, 15) is 9.59 Å². The van der Waals surface area contributed by atoms with Crippen LogP contribution in [-0.4, -0.2) is 45.0 Å². The third-order valence-corrected chi connectivity index (χ3v) is 7.08. The van der Waals surface area contributed by atoms with E-state index in [0.29, 0.717) is 40.9 Å². The lowest BCUT2D eigenvalue weighted by molar-refractivity contribution is 0.0221. The van der Waals surface area contributed by atoms with Crippen LogP contribution in [-0.2, 0) is 11.3 Å². The molecule has 0 bridgehead atoms. The molecular formula is C26H28BrCl2N5O3. The molecule has 1 aromatic heterocycles. The number of nitrogens with zero attached hydrogens (tertiary/aromatic N) is 3. The molecule has 2 atom stereocenters. The number of halogens is 3. The molecule has 8 nitrogen and oxygen atoms in total. The minimum atomic E-state index is -0.632. The van der Waals surface area contributed by atoms with Crippen molar-refractivity contribution in [1.29, 1.82) is 0 Å². The second-order valence-corrected chi connectivity index (χ2v) is 11.5. The average molecular weight is 609 g/mol. The molecular weight excluding hydrogens is 581 g/mol. The number of carbonyl (C=O) groups is 2. The van der Waals surface area contributed by atoms with Gasteiger partial charge in [-0.15, -0.1) is 0 Å². The van der Waals surface area contributed by atoms with Gasteiger partial charge in [0.25, 0.3) is 0 Å². The van der Waals surface area contributed by atoms with Crippen LogP contribution in [0.5, 0.6) is 0 Å². The number of hydrogen-bond donors (Lipinski definition) is 2. The van der Waals surface area contributed by atoms with E-state index in [4.69, 9.17) is 27.9 Å². The Kier molecular flexibility index (Phi) is 8.36. The number of nitrogens with one attached hydrogen (secondary N) is 2. The van der Waals surface area contributed by atoms with E-state index in [1.54, 1.807) is 40.0 Å². The van der Waals surface area contributed by atoms with Crippen molar-refractivity contribution in [2.75, 3.05) is 11.9 Å². The SMILES string of the molecule is CC(C)(C)OC(=O)N1CC(NC(=O)Nc2ccnn2Cc2c(Cl)cccc2Cl)CC1c1ccc(Br)cc1. The van der Waals surface area contributed by atoms with E-state index in [-0.39, 0.29) is 12.1 Å². The lowest BCUT2D eigenvalue weighted by Gasteiger charge is -2.28. The Morgan fingerprint density at radius 3 is 2.43 bits per heavy atom. The maximum Gasteiger partial charge on any atom is 0.410 e. The second kappa shape index (κ2) is 11.3. The maximum absolute atomic E-state index is 13.0. The number of anilines is 1. The highest BCUT2D eigenvalue weighted by Crippen LogP contribution is 2.34. The zero-order valence-corrected chi connectivity index (χ0v) is 23.8. The van der Waals surface area contributed by atoms with Crippen molar-refractivity contribution in [1.82, 2.24) is 20.0 Å². The Morgan fingerprint density at radius 1 is 1.11 bits per heavy atom. The van der Waals surface area contributed by atoms with Crippen LogP contribution in [0.1, 0.15) is 44.4 Å². The highest BCUT2D eigenvalue weighted by atomic mass is 79.9. The van der Waals surface area contributed by atoms with Crippen LogP contribution >= 0.6 is 39.1 Å². The van der Waals surface area contributed by atoms with E-state index in [0.717, 1.165) is 10.0 Å². The first kappa shape index (κ1) is 27.3. The molecule has 0 aliphatic carbocycles. The minimum absolute atomic E-state index is 0.235. The van der Waals surface area contributed by atoms with E-state index in [2.05, 4.69) is 31.7 Å². The van der Waals surface area contributed by atoms with Crippen LogP contribution in [0.3, 0.4) is 0 Å². The quantitative estimate of drug-likeness (QED) is 0.331. The fraction of sp³-hybridized carbons (Fsp3) is 0.346. The van der Waals surface area contributed by atoms with Crippen molar-refractivity contribution in [3.63, 3.8) is 0 Å². The van der Waals surface area contributed by atoms with E-state index < -0.39 is 17.7 Å². The van der Waals surface area contributed by atoms with E-state index in [1.807, 2.05) is 45.0 Å². The molecule has 1 aliphatic heterocycles. The van der Waals surface area contributed by atoms with Gasteiger partial charge in [-0.1, -0.05) is 57.3 Å². The summed E-state index contributed by atoms with van der Waals surface area (Å²) in [6.45, 7) is 6.10. The van der Waals surface area contributed by atoms with Gasteiger partial charge in [0.2, 0.25) is 0 Å². The van der Waals surface area contributed by atoms with Gasteiger partial charge in [-0.25, -0.2) is 14.3 Å². The third-order valence-electron chi connectivity index (χ3n) is 5.85. The van der Waals surface area contributed by atoms with Gasteiger partial charge in [-0.3, -0.25) is 10.2 Å². The fourth-order valence-corrected chi connectivity index (χ4v) is 4.98. The largest absolute Gasteiger partial charge is 0.444 e. The molecule has 2 aromatic carbocycles. The number of carbonyl (C=O) groups excluding carboxylic acids is 2. The summed E-state index contributed by atoms with van der Waals surface area (Å²) in [5, 5.41) is 11.2. The van der Waals surface area contributed by atoms with Crippen molar-refractivity contribution < 1.29 is 14.3 Å². The first-order valence-corrected chi connectivity index (χ1v) is 13.3. The Bertz CT molecular complexity index is 1260. The van der Waals surface area contributed by atoms with Crippen molar-refractivity contribution in [2.45, 2.75) is 51.4 Å². The number of likely N-dealkylation sites (tertiary alicyclic amines) is 1. The van der Waals surface area contributed by atoms with Gasteiger partial charge < -0.3 is 10.1 Å². The average Bonchev–Trinajstić information content (AvgIpc) is 3.42. The number of hydrogen-bond acceptors (Lipinski definition) is 4. The molecule has 37 heavy (non-hydrogen) atoms. The van der Waals surface area contributed by atoms with Crippen LogP contribution in [0.2, 0.25) is 10.0 Å². The zero-order chi connectivity index (χ0) is 26.7. The van der Waals surface area contributed by atoms with Crippen molar-refractivity contribution in [3.05, 3.63) is 80.4 Å². The van der Waals surface area contributed by atoms with Crippen LogP contribution in [0.15, 0.2) is 59.2 Å². The third kappa shape index (κ3) is 6.97. The lowest BCUT2D eigenvalue weighted by Crippen LogP contribution is -2.42. The van der Waals surface area contributed by atoms with Crippen molar-refractivity contribution >= 4 is 57.1 Å². The van der Waals surface area contributed by atoms with Gasteiger partial charge in [0.1, 0.15) is 11.4 Å². The predicted molar refractivity (Wildman–Crippen MR) is 148 cm³/mol. The maximum atomic E-state index is 13.0. The highest BCUT2D eigenvalue weighted by molar-refractivity contribution is 9.10. The summed E-state index contributed by atoms with van der Waals surface area (Å²) in [7, 11) is 0. The van der Waals surface area contributed by atoms with Gasteiger partial charge in [0, 0.05) is 32.7 Å². The summed E-state index contributed by atoms with van der Waals surface area (Å²) in [6.07, 6.45) is 1.71. The molecule has 3 amide bonds. The molecule has 196 valence electrons. The van der Waals surface area contributed by atoms with Gasteiger partial charge >= 0.3 is 12.1 Å². The Morgan fingerprint density at radius 2 is 1.78 bits per heavy atom. The molecule has 1 fully saturated rings. The number of rotatable bonds is 5.